The lowest BCUT2D eigenvalue weighted by Gasteiger charge is -2.34. The van der Waals surface area contributed by atoms with Crippen molar-refractivity contribution < 1.29 is 13.2 Å². The van der Waals surface area contributed by atoms with E-state index in [4.69, 9.17) is 16.3 Å². The fraction of sp³-hybridized carbons (Fsp3) is 0.538. The van der Waals surface area contributed by atoms with Gasteiger partial charge >= 0.3 is 0 Å². The molecule has 1 N–H and O–H groups in total. The van der Waals surface area contributed by atoms with Crippen molar-refractivity contribution in [3.63, 3.8) is 0 Å². The van der Waals surface area contributed by atoms with Gasteiger partial charge in [-0.2, -0.15) is 12.7 Å². The van der Waals surface area contributed by atoms with Gasteiger partial charge in [0.1, 0.15) is 5.75 Å². The molecule has 2 rings (SSSR count). The number of nitrogens with one attached hydrogen (secondary N) is 1. The lowest BCUT2D eigenvalue weighted by atomic mass is 10.1. The summed E-state index contributed by atoms with van der Waals surface area (Å²) in [5.74, 6) is 0.777. The molecule has 1 aliphatic rings. The van der Waals surface area contributed by atoms with Crippen molar-refractivity contribution in [3.8, 4) is 5.75 Å². The standard InChI is InChI=1S/C13H19ClN2O3S/c1-10-3-4-13(19-2)11(7-10)5-6-15-20(17,18)16-8-12(14)9-16/h3-4,7,12,15H,5-6,8-9H2,1-2H3. The maximum absolute atomic E-state index is 11.9. The SMILES string of the molecule is COc1ccc(C)cc1CCNS(=O)(=O)N1CC(Cl)C1. The third-order valence-corrected chi connectivity index (χ3v) is 5.08. The van der Waals surface area contributed by atoms with Gasteiger partial charge in [-0.1, -0.05) is 17.7 Å². The zero-order valence-electron chi connectivity index (χ0n) is 11.6. The molecule has 0 atom stereocenters. The number of nitrogens with zero attached hydrogens (tertiary/aromatic N) is 1. The average Bonchev–Trinajstić information content (AvgIpc) is 2.35. The maximum atomic E-state index is 11.9. The Morgan fingerprint density at radius 1 is 1.45 bits per heavy atom. The molecular formula is C13H19ClN2O3S. The first-order valence-electron chi connectivity index (χ1n) is 6.44. The number of benzene rings is 1. The van der Waals surface area contributed by atoms with E-state index in [-0.39, 0.29) is 5.38 Å². The van der Waals surface area contributed by atoms with Crippen LogP contribution in [0.1, 0.15) is 11.1 Å². The number of rotatable bonds is 6. The number of aryl methyl sites for hydroxylation is 1. The summed E-state index contributed by atoms with van der Waals surface area (Å²) in [7, 11) is -1.79. The molecule has 0 spiro atoms. The van der Waals surface area contributed by atoms with Crippen molar-refractivity contribution in [2.45, 2.75) is 18.7 Å². The Morgan fingerprint density at radius 2 is 2.15 bits per heavy atom. The first-order valence-corrected chi connectivity index (χ1v) is 8.32. The van der Waals surface area contributed by atoms with Crippen molar-refractivity contribution in [2.24, 2.45) is 0 Å². The Hall–Kier alpha value is -0.820. The molecule has 0 radical (unpaired) electrons. The van der Waals surface area contributed by atoms with Crippen molar-refractivity contribution >= 4 is 21.8 Å². The smallest absolute Gasteiger partial charge is 0.279 e. The summed E-state index contributed by atoms with van der Waals surface area (Å²) in [6, 6.07) is 5.87. The molecule has 1 aliphatic heterocycles. The van der Waals surface area contributed by atoms with Crippen molar-refractivity contribution in [1.29, 1.82) is 0 Å². The highest BCUT2D eigenvalue weighted by Crippen LogP contribution is 2.20. The molecule has 1 saturated heterocycles. The quantitative estimate of drug-likeness (QED) is 0.804. The fourth-order valence-electron chi connectivity index (χ4n) is 2.09. The molecule has 0 amide bonds. The molecule has 7 heteroatoms. The Kier molecular flexibility index (Phi) is 4.90. The van der Waals surface area contributed by atoms with E-state index in [0.717, 1.165) is 16.9 Å². The highest BCUT2D eigenvalue weighted by atomic mass is 35.5. The third kappa shape index (κ3) is 3.63. The minimum Gasteiger partial charge on any atom is -0.496 e. The highest BCUT2D eigenvalue weighted by molar-refractivity contribution is 7.87. The van der Waals surface area contributed by atoms with Crippen LogP contribution < -0.4 is 9.46 Å². The molecule has 0 saturated carbocycles. The molecule has 1 heterocycles. The Morgan fingerprint density at radius 3 is 2.75 bits per heavy atom. The molecule has 0 bridgehead atoms. The van der Waals surface area contributed by atoms with Crippen LogP contribution in [0.25, 0.3) is 0 Å². The first-order chi connectivity index (χ1) is 9.42. The predicted molar refractivity (Wildman–Crippen MR) is 79.6 cm³/mol. The third-order valence-electron chi connectivity index (χ3n) is 3.26. The van der Waals surface area contributed by atoms with Crippen LogP contribution >= 0.6 is 11.6 Å². The minimum atomic E-state index is -3.40. The second kappa shape index (κ2) is 6.30. The molecule has 1 fully saturated rings. The molecule has 5 nitrogen and oxygen atoms in total. The van der Waals surface area contributed by atoms with Crippen LogP contribution in [0.15, 0.2) is 18.2 Å². The summed E-state index contributed by atoms with van der Waals surface area (Å²) >= 11 is 5.79. The summed E-state index contributed by atoms with van der Waals surface area (Å²) in [6.45, 7) is 3.09. The van der Waals surface area contributed by atoms with E-state index >= 15 is 0 Å². The summed E-state index contributed by atoms with van der Waals surface area (Å²) in [5.41, 5.74) is 2.12. The summed E-state index contributed by atoms with van der Waals surface area (Å²) in [6.07, 6.45) is 0.586. The second-order valence-electron chi connectivity index (χ2n) is 4.88. The van der Waals surface area contributed by atoms with E-state index in [1.807, 2.05) is 25.1 Å². The lowest BCUT2D eigenvalue weighted by Crippen LogP contribution is -2.55. The van der Waals surface area contributed by atoms with E-state index in [1.165, 1.54) is 4.31 Å². The number of hydrogen-bond donors (Lipinski definition) is 1. The van der Waals surface area contributed by atoms with E-state index in [1.54, 1.807) is 7.11 Å². The van der Waals surface area contributed by atoms with Gasteiger partial charge in [0.25, 0.3) is 10.2 Å². The van der Waals surface area contributed by atoms with Gasteiger partial charge in [0.2, 0.25) is 0 Å². The Bertz CT molecular complexity index is 571. The van der Waals surface area contributed by atoms with Crippen LogP contribution in [0.4, 0.5) is 0 Å². The molecule has 1 aromatic carbocycles. The number of halogens is 1. The minimum absolute atomic E-state index is 0.0663. The number of alkyl halides is 1. The lowest BCUT2D eigenvalue weighted by molar-refractivity contribution is 0.311. The average molecular weight is 319 g/mol. The second-order valence-corrected chi connectivity index (χ2v) is 7.25. The molecular weight excluding hydrogens is 300 g/mol. The van der Waals surface area contributed by atoms with E-state index < -0.39 is 10.2 Å². The Labute approximate surface area is 125 Å². The van der Waals surface area contributed by atoms with Gasteiger partial charge in [0.05, 0.1) is 12.5 Å². The topological polar surface area (TPSA) is 58.6 Å². The summed E-state index contributed by atoms with van der Waals surface area (Å²) < 4.78 is 33.0. The van der Waals surface area contributed by atoms with E-state index in [9.17, 15) is 8.42 Å². The molecule has 1 aromatic rings. The monoisotopic (exact) mass is 318 g/mol. The van der Waals surface area contributed by atoms with E-state index in [2.05, 4.69) is 4.72 Å². The van der Waals surface area contributed by atoms with Gasteiger partial charge in [-0.3, -0.25) is 0 Å². The van der Waals surface area contributed by atoms with Crippen molar-refractivity contribution in [1.82, 2.24) is 9.03 Å². The van der Waals surface area contributed by atoms with Crippen LogP contribution in [-0.4, -0.2) is 44.8 Å². The van der Waals surface area contributed by atoms with Crippen LogP contribution in [0.3, 0.4) is 0 Å². The first kappa shape index (κ1) is 15.6. The summed E-state index contributed by atoms with van der Waals surface area (Å²) in [5, 5.41) is -0.0663. The molecule has 0 unspecified atom stereocenters. The van der Waals surface area contributed by atoms with Crippen molar-refractivity contribution in [3.05, 3.63) is 29.3 Å². The van der Waals surface area contributed by atoms with Gasteiger partial charge in [0.15, 0.2) is 0 Å². The molecule has 0 aliphatic carbocycles. The zero-order valence-corrected chi connectivity index (χ0v) is 13.2. The molecule has 0 aromatic heterocycles. The molecule has 20 heavy (non-hydrogen) atoms. The van der Waals surface area contributed by atoms with Crippen LogP contribution in [0, 0.1) is 6.92 Å². The van der Waals surface area contributed by atoms with Gasteiger partial charge in [-0.15, -0.1) is 11.6 Å². The Balaban J connectivity index is 1.91. The van der Waals surface area contributed by atoms with Gasteiger partial charge in [-0.25, -0.2) is 4.72 Å². The predicted octanol–water partition coefficient (Wildman–Crippen LogP) is 1.30. The van der Waals surface area contributed by atoms with Crippen LogP contribution in [0.5, 0.6) is 5.75 Å². The molecule has 112 valence electrons. The largest absolute Gasteiger partial charge is 0.496 e. The fourth-order valence-corrected chi connectivity index (χ4v) is 3.89. The van der Waals surface area contributed by atoms with Gasteiger partial charge < -0.3 is 4.74 Å². The normalized spacial score (nSPS) is 16.9. The zero-order chi connectivity index (χ0) is 14.8. The van der Waals surface area contributed by atoms with Crippen LogP contribution in [0.2, 0.25) is 0 Å². The van der Waals surface area contributed by atoms with Crippen LogP contribution in [-0.2, 0) is 16.6 Å². The number of methoxy groups -OCH3 is 1. The number of hydrogen-bond acceptors (Lipinski definition) is 3. The summed E-state index contributed by atoms with van der Waals surface area (Å²) in [4.78, 5) is 0. The highest BCUT2D eigenvalue weighted by Gasteiger charge is 2.34. The number of ether oxygens (including phenoxy) is 1. The van der Waals surface area contributed by atoms with Gasteiger partial charge in [0, 0.05) is 19.6 Å². The van der Waals surface area contributed by atoms with Crippen molar-refractivity contribution in [2.75, 3.05) is 26.7 Å². The van der Waals surface area contributed by atoms with Gasteiger partial charge in [-0.05, 0) is 25.0 Å². The van der Waals surface area contributed by atoms with E-state index in [0.29, 0.717) is 26.1 Å². The maximum Gasteiger partial charge on any atom is 0.279 e.